The van der Waals surface area contributed by atoms with Gasteiger partial charge in [-0.3, -0.25) is 4.99 Å². The van der Waals surface area contributed by atoms with Crippen molar-refractivity contribution in [3.05, 3.63) is 58.9 Å². The highest BCUT2D eigenvalue weighted by Crippen LogP contribution is 2.38. The van der Waals surface area contributed by atoms with Crippen LogP contribution in [-0.2, 0) is 0 Å². The molecule has 1 aromatic heterocycles. The van der Waals surface area contributed by atoms with E-state index in [0.717, 1.165) is 16.3 Å². The fraction of sp³-hybridized carbons (Fsp3) is 0.263. The maximum atomic E-state index is 12.6. The molecule has 4 rings (SSSR count). The minimum absolute atomic E-state index is 0.120. The summed E-state index contributed by atoms with van der Waals surface area (Å²) in [6.07, 6.45) is 2.19. The van der Waals surface area contributed by atoms with Gasteiger partial charge in [-0.25, -0.2) is 4.98 Å². The van der Waals surface area contributed by atoms with Gasteiger partial charge < -0.3 is 4.98 Å². The second-order valence-electron chi connectivity index (χ2n) is 6.07. The number of para-hydroxylation sites is 1. The SMILES string of the molecule is CCSC1C=c2ccccc2=NC1c1nc2ccc(SC(F)(F)F)cc2[nH]1. The van der Waals surface area contributed by atoms with Gasteiger partial charge in [0.25, 0.3) is 0 Å². The van der Waals surface area contributed by atoms with Crippen molar-refractivity contribution in [2.24, 2.45) is 4.99 Å². The van der Waals surface area contributed by atoms with Crippen molar-refractivity contribution in [2.45, 2.75) is 28.6 Å². The van der Waals surface area contributed by atoms with E-state index in [0.29, 0.717) is 16.9 Å². The van der Waals surface area contributed by atoms with Gasteiger partial charge in [0, 0.05) is 4.90 Å². The van der Waals surface area contributed by atoms with Crippen molar-refractivity contribution in [2.75, 3.05) is 5.75 Å². The van der Waals surface area contributed by atoms with E-state index in [4.69, 9.17) is 4.99 Å². The predicted molar refractivity (Wildman–Crippen MR) is 104 cm³/mol. The normalized spacial score (nSPS) is 19.4. The van der Waals surface area contributed by atoms with Gasteiger partial charge in [0.15, 0.2) is 0 Å². The molecule has 0 bridgehead atoms. The fourth-order valence-corrected chi connectivity index (χ4v) is 4.71. The van der Waals surface area contributed by atoms with E-state index in [2.05, 4.69) is 23.0 Å². The molecule has 0 aliphatic carbocycles. The lowest BCUT2D eigenvalue weighted by Gasteiger charge is -2.21. The number of fused-ring (bicyclic) bond motifs is 2. The van der Waals surface area contributed by atoms with Gasteiger partial charge in [0.05, 0.1) is 21.6 Å². The Balaban J connectivity index is 1.75. The van der Waals surface area contributed by atoms with Crippen molar-refractivity contribution < 1.29 is 13.2 Å². The molecule has 1 aliphatic heterocycles. The van der Waals surface area contributed by atoms with E-state index in [9.17, 15) is 13.2 Å². The number of hydrogen-bond acceptors (Lipinski definition) is 4. The van der Waals surface area contributed by atoms with E-state index < -0.39 is 5.51 Å². The lowest BCUT2D eigenvalue weighted by atomic mass is 10.1. The molecule has 0 saturated carbocycles. The Morgan fingerprint density at radius 1 is 1.15 bits per heavy atom. The number of H-pyrrole nitrogens is 1. The van der Waals surface area contributed by atoms with Gasteiger partial charge in [-0.15, -0.1) is 0 Å². The summed E-state index contributed by atoms with van der Waals surface area (Å²) in [5.74, 6) is 1.61. The zero-order chi connectivity index (χ0) is 19.0. The van der Waals surface area contributed by atoms with Crippen molar-refractivity contribution in [3.8, 4) is 0 Å². The van der Waals surface area contributed by atoms with Crippen LogP contribution in [0.4, 0.5) is 13.2 Å². The van der Waals surface area contributed by atoms with Crippen molar-refractivity contribution in [1.29, 1.82) is 0 Å². The summed E-state index contributed by atoms with van der Waals surface area (Å²) in [4.78, 5) is 12.8. The molecular formula is C19H16F3N3S2. The van der Waals surface area contributed by atoms with Crippen LogP contribution in [0, 0.1) is 0 Å². The van der Waals surface area contributed by atoms with E-state index in [-0.39, 0.29) is 27.9 Å². The first-order valence-corrected chi connectivity index (χ1v) is 10.3. The highest BCUT2D eigenvalue weighted by molar-refractivity contribution is 8.00. The first-order valence-electron chi connectivity index (χ1n) is 8.45. The minimum atomic E-state index is -4.31. The molecule has 27 heavy (non-hydrogen) atoms. The Labute approximate surface area is 162 Å². The Hall–Kier alpha value is -1.93. The largest absolute Gasteiger partial charge is 0.446 e. The molecule has 0 radical (unpaired) electrons. The molecule has 3 aromatic rings. The minimum Gasteiger partial charge on any atom is -0.340 e. The number of thioether (sulfide) groups is 2. The highest BCUT2D eigenvalue weighted by Gasteiger charge is 2.30. The van der Waals surface area contributed by atoms with Gasteiger partial charge in [-0.2, -0.15) is 24.9 Å². The van der Waals surface area contributed by atoms with Gasteiger partial charge in [-0.1, -0.05) is 31.2 Å². The second kappa shape index (κ2) is 7.24. The van der Waals surface area contributed by atoms with Crippen LogP contribution in [-0.4, -0.2) is 26.5 Å². The number of hydrogen-bond donors (Lipinski definition) is 1. The zero-order valence-corrected chi connectivity index (χ0v) is 16.0. The Morgan fingerprint density at radius 2 is 1.96 bits per heavy atom. The molecule has 1 N–H and O–H groups in total. The molecule has 0 saturated heterocycles. The van der Waals surface area contributed by atoms with Crippen LogP contribution in [0.3, 0.4) is 0 Å². The van der Waals surface area contributed by atoms with Gasteiger partial charge in [0.2, 0.25) is 0 Å². The number of nitrogens with zero attached hydrogens (tertiary/aromatic N) is 2. The first-order chi connectivity index (χ1) is 12.9. The first kappa shape index (κ1) is 18.4. The Kier molecular flexibility index (Phi) is 4.94. The third kappa shape index (κ3) is 4.01. The van der Waals surface area contributed by atoms with E-state index in [1.807, 2.05) is 24.3 Å². The van der Waals surface area contributed by atoms with E-state index in [1.54, 1.807) is 17.8 Å². The van der Waals surface area contributed by atoms with E-state index >= 15 is 0 Å². The van der Waals surface area contributed by atoms with Crippen LogP contribution >= 0.6 is 23.5 Å². The van der Waals surface area contributed by atoms with Crippen LogP contribution < -0.4 is 10.6 Å². The molecule has 140 valence electrons. The third-order valence-corrected chi connectivity index (χ3v) is 6.05. The fourth-order valence-electron chi connectivity index (χ4n) is 3.13. The molecular weight excluding hydrogens is 391 g/mol. The van der Waals surface area contributed by atoms with Crippen molar-refractivity contribution in [3.63, 3.8) is 0 Å². The molecule has 3 nitrogen and oxygen atoms in total. The molecule has 8 heteroatoms. The number of imidazole rings is 1. The van der Waals surface area contributed by atoms with Gasteiger partial charge in [0.1, 0.15) is 11.9 Å². The van der Waals surface area contributed by atoms with Crippen LogP contribution in [0.5, 0.6) is 0 Å². The molecule has 1 aliphatic rings. The molecule has 2 unspecified atom stereocenters. The molecule has 0 amide bonds. The number of aromatic amines is 1. The summed E-state index contributed by atoms with van der Waals surface area (Å²) < 4.78 is 37.9. The summed E-state index contributed by atoms with van der Waals surface area (Å²) in [6.45, 7) is 2.09. The summed E-state index contributed by atoms with van der Waals surface area (Å²) in [6, 6.07) is 12.3. The summed E-state index contributed by atoms with van der Waals surface area (Å²) >= 11 is 1.66. The van der Waals surface area contributed by atoms with Crippen molar-refractivity contribution in [1.82, 2.24) is 9.97 Å². The summed E-state index contributed by atoms with van der Waals surface area (Å²) in [7, 11) is 0. The van der Waals surface area contributed by atoms with Crippen LogP contribution in [0.2, 0.25) is 0 Å². The lowest BCUT2D eigenvalue weighted by Crippen LogP contribution is -2.34. The Bertz CT molecular complexity index is 1090. The average molecular weight is 407 g/mol. The molecule has 0 spiro atoms. The number of halogens is 3. The molecule has 2 atom stereocenters. The number of rotatable bonds is 4. The maximum Gasteiger partial charge on any atom is 0.446 e. The third-order valence-electron chi connectivity index (χ3n) is 4.21. The molecule has 2 heterocycles. The Morgan fingerprint density at radius 3 is 2.74 bits per heavy atom. The molecule has 2 aromatic carbocycles. The van der Waals surface area contributed by atoms with Crippen molar-refractivity contribution >= 4 is 40.6 Å². The lowest BCUT2D eigenvalue weighted by molar-refractivity contribution is -0.0328. The van der Waals surface area contributed by atoms with Crippen LogP contribution in [0.1, 0.15) is 18.8 Å². The predicted octanol–water partition coefficient (Wildman–Crippen LogP) is 4.45. The maximum absolute atomic E-state index is 12.6. The summed E-state index contributed by atoms with van der Waals surface area (Å²) in [5, 5.41) is 2.12. The van der Waals surface area contributed by atoms with Gasteiger partial charge >= 0.3 is 5.51 Å². The quantitative estimate of drug-likeness (QED) is 0.650. The van der Waals surface area contributed by atoms with E-state index in [1.165, 1.54) is 12.1 Å². The number of nitrogens with one attached hydrogen (secondary N) is 1. The zero-order valence-electron chi connectivity index (χ0n) is 14.3. The topological polar surface area (TPSA) is 41.0 Å². The highest BCUT2D eigenvalue weighted by atomic mass is 32.2. The number of alkyl halides is 3. The summed E-state index contributed by atoms with van der Waals surface area (Å²) in [5.41, 5.74) is -3.07. The second-order valence-corrected chi connectivity index (χ2v) is 8.66. The van der Waals surface area contributed by atoms with Crippen LogP contribution in [0.25, 0.3) is 17.1 Å². The van der Waals surface area contributed by atoms with Crippen LogP contribution in [0.15, 0.2) is 52.4 Å². The van der Waals surface area contributed by atoms with Gasteiger partial charge in [-0.05, 0) is 47.0 Å². The standard InChI is InChI=1S/C19H16F3N3S2/c1-2-26-16-9-11-5-3-4-6-13(11)23-17(16)18-24-14-8-7-12(10-15(14)25-18)27-19(20,21)22/h3-10,16-17H,2H2,1H3,(H,24,25). The number of aromatic nitrogens is 2. The number of benzene rings is 2. The monoisotopic (exact) mass is 407 g/mol. The molecule has 0 fully saturated rings. The average Bonchev–Trinajstić information content (AvgIpc) is 3.03. The smallest absolute Gasteiger partial charge is 0.340 e.